The number of ether oxygens (including phenoxy) is 1. The first kappa shape index (κ1) is 20.2. The average Bonchev–Trinajstić information content (AvgIpc) is 3.40. The molecular weight excluding hydrogens is 406 g/mol. The third kappa shape index (κ3) is 4.46. The van der Waals surface area contributed by atoms with Gasteiger partial charge >= 0.3 is 6.01 Å². The number of rotatable bonds is 5. The third-order valence-electron chi connectivity index (χ3n) is 5.84. The highest BCUT2D eigenvalue weighted by molar-refractivity contribution is 5.94. The fourth-order valence-corrected chi connectivity index (χ4v) is 4.08. The van der Waals surface area contributed by atoms with Gasteiger partial charge in [-0.15, -0.1) is 5.10 Å². The predicted octanol–water partition coefficient (Wildman–Crippen LogP) is 2.62. The molecule has 2 saturated heterocycles. The van der Waals surface area contributed by atoms with Gasteiger partial charge in [0.1, 0.15) is 5.75 Å². The number of hydrogen-bond acceptors (Lipinski definition) is 8. The number of aromatic nitrogens is 4. The van der Waals surface area contributed by atoms with Gasteiger partial charge in [0.05, 0.1) is 11.9 Å². The largest absolute Gasteiger partial charge is 0.424 e. The zero-order valence-corrected chi connectivity index (χ0v) is 17.8. The third-order valence-corrected chi connectivity index (χ3v) is 5.84. The molecule has 0 bridgehead atoms. The summed E-state index contributed by atoms with van der Waals surface area (Å²) in [4.78, 5) is 27.5. The molecule has 0 unspecified atom stereocenters. The molecule has 9 nitrogen and oxygen atoms in total. The van der Waals surface area contributed by atoms with Crippen LogP contribution in [0.3, 0.4) is 0 Å². The van der Waals surface area contributed by atoms with Crippen molar-refractivity contribution in [2.75, 3.05) is 49.1 Å². The van der Waals surface area contributed by atoms with E-state index < -0.39 is 0 Å². The van der Waals surface area contributed by atoms with E-state index in [1.54, 1.807) is 42.7 Å². The first-order valence-corrected chi connectivity index (χ1v) is 10.9. The summed E-state index contributed by atoms with van der Waals surface area (Å²) >= 11 is 0. The first-order chi connectivity index (χ1) is 15.8. The monoisotopic (exact) mass is 431 g/mol. The van der Waals surface area contributed by atoms with E-state index >= 15 is 0 Å². The number of carbonyl (C=O) groups is 1. The van der Waals surface area contributed by atoms with Crippen LogP contribution in [0.2, 0.25) is 0 Å². The van der Waals surface area contributed by atoms with Crippen molar-refractivity contribution in [3.05, 3.63) is 60.6 Å². The molecular formula is C23H25N7O2. The van der Waals surface area contributed by atoms with Crippen molar-refractivity contribution in [2.24, 2.45) is 0 Å². The SMILES string of the molecule is O=C(c1ccc(Oc2ncccn2)cc1)N1CCN(c2cnnc(N3CCCC3)c2)CC1. The molecule has 0 N–H and O–H groups in total. The van der Waals surface area contributed by atoms with Gasteiger partial charge in [0.2, 0.25) is 0 Å². The van der Waals surface area contributed by atoms with Gasteiger partial charge in [0, 0.05) is 63.3 Å². The summed E-state index contributed by atoms with van der Waals surface area (Å²) in [6.45, 7) is 4.95. The van der Waals surface area contributed by atoms with Crippen molar-refractivity contribution in [1.29, 1.82) is 0 Å². The molecule has 1 aromatic carbocycles. The Labute approximate surface area is 186 Å². The lowest BCUT2D eigenvalue weighted by Gasteiger charge is -2.36. The van der Waals surface area contributed by atoms with Crippen LogP contribution in [0.5, 0.6) is 11.8 Å². The second-order valence-electron chi connectivity index (χ2n) is 7.90. The number of benzene rings is 1. The first-order valence-electron chi connectivity index (χ1n) is 10.9. The van der Waals surface area contributed by atoms with Gasteiger partial charge in [-0.2, -0.15) is 5.10 Å². The van der Waals surface area contributed by atoms with Crippen molar-refractivity contribution < 1.29 is 9.53 Å². The summed E-state index contributed by atoms with van der Waals surface area (Å²) in [6.07, 6.45) is 7.47. The Balaban J connectivity index is 1.18. The van der Waals surface area contributed by atoms with Gasteiger partial charge in [-0.05, 0) is 43.2 Å². The number of nitrogens with zero attached hydrogens (tertiary/aromatic N) is 7. The lowest BCUT2D eigenvalue weighted by Crippen LogP contribution is -2.48. The van der Waals surface area contributed by atoms with Crippen LogP contribution in [-0.2, 0) is 0 Å². The Hall–Kier alpha value is -3.75. The summed E-state index contributed by atoms with van der Waals surface area (Å²) in [5.74, 6) is 1.57. The van der Waals surface area contributed by atoms with E-state index in [1.807, 2.05) is 11.1 Å². The van der Waals surface area contributed by atoms with Crippen molar-refractivity contribution in [1.82, 2.24) is 25.1 Å². The Morgan fingerprint density at radius 2 is 1.59 bits per heavy atom. The van der Waals surface area contributed by atoms with Crippen molar-refractivity contribution in [3.8, 4) is 11.8 Å². The summed E-state index contributed by atoms with van der Waals surface area (Å²) in [5.41, 5.74) is 1.71. The molecule has 2 aromatic heterocycles. The summed E-state index contributed by atoms with van der Waals surface area (Å²) in [5, 5.41) is 8.51. The minimum atomic E-state index is 0.0257. The quantitative estimate of drug-likeness (QED) is 0.609. The van der Waals surface area contributed by atoms with Crippen molar-refractivity contribution in [3.63, 3.8) is 0 Å². The molecule has 2 aliphatic rings. The Bertz CT molecular complexity index is 1050. The highest BCUT2D eigenvalue weighted by atomic mass is 16.5. The van der Waals surface area contributed by atoms with Crippen LogP contribution < -0.4 is 14.5 Å². The number of anilines is 2. The van der Waals surface area contributed by atoms with Crippen LogP contribution in [0.15, 0.2) is 55.0 Å². The summed E-state index contributed by atoms with van der Waals surface area (Å²) in [6, 6.07) is 11.2. The maximum Gasteiger partial charge on any atom is 0.321 e. The standard InChI is InChI=1S/C23H25N7O2/c31-22(18-4-6-20(7-5-18)32-23-24-8-3-9-25-23)30-14-12-28(13-15-30)19-16-21(27-26-17-19)29-10-1-2-11-29/h3-9,16-17H,1-2,10-15H2. The molecule has 0 atom stereocenters. The van der Waals surface area contributed by atoms with Gasteiger partial charge < -0.3 is 19.4 Å². The van der Waals surface area contributed by atoms with E-state index in [-0.39, 0.29) is 11.9 Å². The molecule has 3 aromatic rings. The van der Waals surface area contributed by atoms with Gasteiger partial charge in [-0.3, -0.25) is 4.79 Å². The van der Waals surface area contributed by atoms with Gasteiger partial charge in [-0.25, -0.2) is 9.97 Å². The highest BCUT2D eigenvalue weighted by Crippen LogP contribution is 2.24. The molecule has 0 aliphatic carbocycles. The zero-order valence-electron chi connectivity index (χ0n) is 17.8. The molecule has 1 amide bonds. The van der Waals surface area contributed by atoms with Gasteiger partial charge in [0.25, 0.3) is 5.91 Å². The predicted molar refractivity (Wildman–Crippen MR) is 120 cm³/mol. The molecule has 164 valence electrons. The van der Waals surface area contributed by atoms with Crippen LogP contribution >= 0.6 is 0 Å². The number of amides is 1. The minimum absolute atomic E-state index is 0.0257. The number of carbonyl (C=O) groups excluding carboxylic acids is 1. The van der Waals surface area contributed by atoms with E-state index in [0.29, 0.717) is 24.4 Å². The molecule has 4 heterocycles. The smallest absolute Gasteiger partial charge is 0.321 e. The second-order valence-corrected chi connectivity index (χ2v) is 7.90. The Morgan fingerprint density at radius 1 is 0.875 bits per heavy atom. The van der Waals surface area contributed by atoms with Crippen LogP contribution in [0.4, 0.5) is 11.5 Å². The summed E-state index contributed by atoms with van der Waals surface area (Å²) < 4.78 is 5.60. The zero-order chi connectivity index (χ0) is 21.8. The van der Waals surface area contributed by atoms with E-state index in [2.05, 4.69) is 36.0 Å². The van der Waals surface area contributed by atoms with Crippen LogP contribution in [0, 0.1) is 0 Å². The normalized spacial score (nSPS) is 16.3. The molecule has 0 radical (unpaired) electrons. The molecule has 32 heavy (non-hydrogen) atoms. The molecule has 9 heteroatoms. The maximum atomic E-state index is 13.0. The van der Waals surface area contributed by atoms with Gasteiger partial charge in [0.15, 0.2) is 5.82 Å². The lowest BCUT2D eigenvalue weighted by atomic mass is 10.1. The molecule has 2 fully saturated rings. The van der Waals surface area contributed by atoms with Crippen LogP contribution in [0.1, 0.15) is 23.2 Å². The minimum Gasteiger partial charge on any atom is -0.424 e. The number of piperazine rings is 1. The van der Waals surface area contributed by atoms with E-state index in [1.165, 1.54) is 12.8 Å². The van der Waals surface area contributed by atoms with Crippen molar-refractivity contribution >= 4 is 17.4 Å². The Morgan fingerprint density at radius 3 is 2.31 bits per heavy atom. The van der Waals surface area contributed by atoms with E-state index in [9.17, 15) is 4.79 Å². The van der Waals surface area contributed by atoms with Crippen LogP contribution in [0.25, 0.3) is 0 Å². The summed E-state index contributed by atoms with van der Waals surface area (Å²) in [7, 11) is 0. The molecule has 2 aliphatic heterocycles. The molecule has 0 saturated carbocycles. The second kappa shape index (κ2) is 9.17. The van der Waals surface area contributed by atoms with Crippen molar-refractivity contribution in [2.45, 2.75) is 12.8 Å². The average molecular weight is 432 g/mol. The van der Waals surface area contributed by atoms with E-state index in [4.69, 9.17) is 4.74 Å². The fourth-order valence-electron chi connectivity index (χ4n) is 4.08. The van der Waals surface area contributed by atoms with E-state index in [0.717, 1.165) is 37.7 Å². The fraction of sp³-hybridized carbons (Fsp3) is 0.348. The highest BCUT2D eigenvalue weighted by Gasteiger charge is 2.23. The topological polar surface area (TPSA) is 87.6 Å². The molecule has 5 rings (SSSR count). The Kier molecular flexibility index (Phi) is 5.78. The lowest BCUT2D eigenvalue weighted by molar-refractivity contribution is 0.0746. The number of hydrogen-bond donors (Lipinski definition) is 0. The molecule has 0 spiro atoms. The maximum absolute atomic E-state index is 13.0. The van der Waals surface area contributed by atoms with Crippen LogP contribution in [-0.4, -0.2) is 70.2 Å². The van der Waals surface area contributed by atoms with Gasteiger partial charge in [-0.1, -0.05) is 0 Å².